The molecule has 5 nitrogen and oxygen atoms in total. The summed E-state index contributed by atoms with van der Waals surface area (Å²) in [7, 11) is 0. The Bertz CT molecular complexity index is 750. The minimum atomic E-state index is -0.231. The Labute approximate surface area is 134 Å². The molecule has 0 aromatic heterocycles. The van der Waals surface area contributed by atoms with E-state index in [-0.39, 0.29) is 12.5 Å². The Hall–Kier alpha value is -2.92. The van der Waals surface area contributed by atoms with E-state index in [1.165, 1.54) is 6.08 Å². The summed E-state index contributed by atoms with van der Waals surface area (Å²) in [5.74, 6) is 0.358. The molecule has 0 saturated heterocycles. The van der Waals surface area contributed by atoms with Gasteiger partial charge in [-0.3, -0.25) is 9.63 Å². The fourth-order valence-corrected chi connectivity index (χ4v) is 2.14. The van der Waals surface area contributed by atoms with E-state index < -0.39 is 0 Å². The minimum Gasteiger partial charge on any atom is -0.322 e. The maximum atomic E-state index is 12.1. The highest BCUT2D eigenvalue weighted by atomic mass is 16.6. The second-order valence-corrected chi connectivity index (χ2v) is 5.21. The van der Waals surface area contributed by atoms with Crippen molar-refractivity contribution in [2.75, 3.05) is 11.9 Å². The maximum Gasteiger partial charge on any atom is 0.250 e. The van der Waals surface area contributed by atoms with Crippen molar-refractivity contribution in [1.29, 1.82) is 0 Å². The van der Waals surface area contributed by atoms with Gasteiger partial charge in [0.2, 0.25) is 5.91 Å². The maximum absolute atomic E-state index is 12.1. The highest BCUT2D eigenvalue weighted by Gasteiger charge is 2.12. The van der Waals surface area contributed by atoms with Crippen LogP contribution >= 0.6 is 0 Å². The van der Waals surface area contributed by atoms with Gasteiger partial charge in [-0.15, -0.1) is 0 Å². The first-order chi connectivity index (χ1) is 11.2. The van der Waals surface area contributed by atoms with Crippen LogP contribution in [0.3, 0.4) is 0 Å². The van der Waals surface area contributed by atoms with E-state index in [4.69, 9.17) is 4.84 Å². The third-order valence-electron chi connectivity index (χ3n) is 3.31. The highest BCUT2D eigenvalue weighted by molar-refractivity contribution is 6.02. The number of hydroxylamine groups is 1. The molecule has 0 saturated carbocycles. The summed E-state index contributed by atoms with van der Waals surface area (Å²) in [5.41, 5.74) is 6.13. The van der Waals surface area contributed by atoms with Crippen LogP contribution in [0.4, 0.5) is 5.69 Å². The summed E-state index contributed by atoms with van der Waals surface area (Å²) < 4.78 is 0. The number of carbonyl (C=O) groups excluding carboxylic acids is 1. The van der Waals surface area contributed by atoms with Gasteiger partial charge in [0.1, 0.15) is 6.61 Å². The molecular weight excluding hydrogens is 290 g/mol. The van der Waals surface area contributed by atoms with E-state index in [0.717, 1.165) is 16.8 Å². The fourth-order valence-electron chi connectivity index (χ4n) is 2.14. The number of aryl methyl sites for hydroxylation is 1. The van der Waals surface area contributed by atoms with Gasteiger partial charge in [-0.05, 0) is 19.1 Å². The van der Waals surface area contributed by atoms with Gasteiger partial charge >= 0.3 is 0 Å². The monoisotopic (exact) mass is 307 g/mol. The van der Waals surface area contributed by atoms with Crippen LogP contribution in [0.5, 0.6) is 0 Å². The smallest absolute Gasteiger partial charge is 0.250 e. The molecule has 1 amide bonds. The fraction of sp³-hybridized carbons (Fsp3) is 0.111. The zero-order chi connectivity index (χ0) is 16.1. The van der Waals surface area contributed by atoms with Crippen LogP contribution in [0, 0.1) is 6.92 Å². The van der Waals surface area contributed by atoms with Crippen LogP contribution in [0.15, 0.2) is 71.4 Å². The number of amides is 1. The Morgan fingerprint density at radius 3 is 2.65 bits per heavy atom. The molecule has 0 spiro atoms. The summed E-state index contributed by atoms with van der Waals surface area (Å²) in [6, 6.07) is 17.2. The van der Waals surface area contributed by atoms with Gasteiger partial charge in [-0.2, -0.15) is 0 Å². The van der Waals surface area contributed by atoms with Crippen molar-refractivity contribution >= 4 is 17.4 Å². The number of benzene rings is 2. The lowest BCUT2D eigenvalue weighted by Crippen LogP contribution is -2.30. The Balaban J connectivity index is 1.73. The molecule has 0 radical (unpaired) electrons. The van der Waals surface area contributed by atoms with Crippen LogP contribution in [0.25, 0.3) is 0 Å². The number of rotatable bonds is 3. The number of hydrogen-bond donors (Lipinski definition) is 2. The molecule has 3 rings (SSSR count). The third-order valence-corrected chi connectivity index (χ3v) is 3.31. The second-order valence-electron chi connectivity index (χ2n) is 5.21. The molecule has 23 heavy (non-hydrogen) atoms. The predicted octanol–water partition coefficient (Wildman–Crippen LogP) is 2.80. The average molecular weight is 307 g/mol. The molecule has 1 aliphatic heterocycles. The first-order valence-corrected chi connectivity index (χ1v) is 7.31. The van der Waals surface area contributed by atoms with Crippen molar-refractivity contribution in [3.05, 3.63) is 77.5 Å². The van der Waals surface area contributed by atoms with Gasteiger partial charge in [-0.25, -0.2) is 10.5 Å². The lowest BCUT2D eigenvalue weighted by atomic mass is 10.2. The van der Waals surface area contributed by atoms with Crippen molar-refractivity contribution in [3.8, 4) is 0 Å². The van der Waals surface area contributed by atoms with Gasteiger partial charge in [0.25, 0.3) is 0 Å². The predicted molar refractivity (Wildman–Crippen MR) is 90.0 cm³/mol. The van der Waals surface area contributed by atoms with Crippen LogP contribution < -0.4 is 10.8 Å². The zero-order valence-electron chi connectivity index (χ0n) is 12.7. The molecule has 0 bridgehead atoms. The molecule has 5 heteroatoms. The van der Waals surface area contributed by atoms with Crippen LogP contribution in [0.2, 0.25) is 0 Å². The van der Waals surface area contributed by atoms with Crippen molar-refractivity contribution < 1.29 is 9.63 Å². The van der Waals surface area contributed by atoms with Crippen molar-refractivity contribution in [3.63, 3.8) is 0 Å². The van der Waals surface area contributed by atoms with Crippen LogP contribution in [-0.2, 0) is 9.63 Å². The summed E-state index contributed by atoms with van der Waals surface area (Å²) in [6.45, 7) is 2.23. The summed E-state index contributed by atoms with van der Waals surface area (Å²) in [4.78, 5) is 21.8. The average Bonchev–Trinajstić information content (AvgIpc) is 2.58. The largest absolute Gasteiger partial charge is 0.322 e. The van der Waals surface area contributed by atoms with Crippen molar-refractivity contribution in [2.24, 2.45) is 4.99 Å². The van der Waals surface area contributed by atoms with Gasteiger partial charge in [-0.1, -0.05) is 48.0 Å². The number of nitrogens with one attached hydrogen (secondary N) is 2. The SMILES string of the molecule is Cc1ccc(NC(=O)/C=C2\CONC(c3ccccc3)=N2)cc1. The molecule has 1 heterocycles. The minimum absolute atomic E-state index is 0.231. The number of aliphatic imine (C=N–C) groups is 1. The number of anilines is 1. The Morgan fingerprint density at radius 2 is 1.91 bits per heavy atom. The molecule has 1 aliphatic rings. The van der Waals surface area contributed by atoms with Crippen LogP contribution in [0.1, 0.15) is 11.1 Å². The molecule has 0 fully saturated rings. The van der Waals surface area contributed by atoms with E-state index >= 15 is 0 Å². The first-order valence-electron chi connectivity index (χ1n) is 7.31. The lowest BCUT2D eigenvalue weighted by Gasteiger charge is -2.16. The number of hydrogen-bond acceptors (Lipinski definition) is 4. The van der Waals surface area contributed by atoms with E-state index in [0.29, 0.717) is 11.5 Å². The van der Waals surface area contributed by atoms with Crippen molar-refractivity contribution in [2.45, 2.75) is 6.92 Å². The van der Waals surface area contributed by atoms with Crippen LogP contribution in [-0.4, -0.2) is 18.3 Å². The normalized spacial score (nSPS) is 15.7. The van der Waals surface area contributed by atoms with Gasteiger partial charge in [0.15, 0.2) is 5.84 Å². The first kappa shape index (κ1) is 15.0. The molecule has 2 aromatic rings. The second kappa shape index (κ2) is 6.89. The summed E-state index contributed by atoms with van der Waals surface area (Å²) in [6.07, 6.45) is 1.45. The van der Waals surface area contributed by atoms with E-state index in [2.05, 4.69) is 15.8 Å². The highest BCUT2D eigenvalue weighted by Crippen LogP contribution is 2.11. The van der Waals surface area contributed by atoms with Crippen molar-refractivity contribution in [1.82, 2.24) is 5.48 Å². The van der Waals surface area contributed by atoms with Gasteiger partial charge in [0, 0.05) is 17.3 Å². The molecule has 0 unspecified atom stereocenters. The molecule has 0 atom stereocenters. The molecule has 2 N–H and O–H groups in total. The zero-order valence-corrected chi connectivity index (χ0v) is 12.7. The summed E-state index contributed by atoms with van der Waals surface area (Å²) in [5, 5.41) is 2.81. The molecular formula is C18H17N3O2. The third kappa shape index (κ3) is 4.05. The quantitative estimate of drug-likeness (QED) is 0.857. The Morgan fingerprint density at radius 1 is 1.17 bits per heavy atom. The Kier molecular flexibility index (Phi) is 4.49. The number of carbonyl (C=O) groups is 1. The van der Waals surface area contributed by atoms with Gasteiger partial charge in [0.05, 0.1) is 5.70 Å². The van der Waals surface area contributed by atoms with Gasteiger partial charge < -0.3 is 5.32 Å². The van der Waals surface area contributed by atoms with E-state index in [9.17, 15) is 4.79 Å². The molecule has 116 valence electrons. The standard InChI is InChI=1S/C18H17N3O2/c1-13-7-9-15(10-8-13)19-17(22)11-16-12-23-21-18(20-16)14-5-3-2-4-6-14/h2-11H,12H2,1H3,(H,19,22)(H,20,21)/b16-11+. The lowest BCUT2D eigenvalue weighted by molar-refractivity contribution is -0.112. The molecule has 2 aromatic carbocycles. The molecule has 0 aliphatic carbocycles. The summed E-state index contributed by atoms with van der Waals surface area (Å²) >= 11 is 0. The number of nitrogens with zero attached hydrogens (tertiary/aromatic N) is 1. The van der Waals surface area contributed by atoms with E-state index in [1.54, 1.807) is 0 Å². The topological polar surface area (TPSA) is 62.7 Å². The van der Waals surface area contributed by atoms with E-state index in [1.807, 2.05) is 61.5 Å². The number of amidine groups is 1.